The molecule has 0 aliphatic carbocycles. The maximum Gasteiger partial charge on any atom is 0.338 e. The second-order valence-electron chi connectivity index (χ2n) is 8.33. The summed E-state index contributed by atoms with van der Waals surface area (Å²) in [6, 6.07) is 12.2. The smallest absolute Gasteiger partial charge is 0.338 e. The average molecular weight is 523 g/mol. The van der Waals surface area contributed by atoms with E-state index in [2.05, 4.69) is 4.99 Å². The highest BCUT2D eigenvalue weighted by atomic mass is 32.1. The van der Waals surface area contributed by atoms with Gasteiger partial charge in [0.2, 0.25) is 0 Å². The summed E-state index contributed by atoms with van der Waals surface area (Å²) in [6.07, 6.45) is 2.68. The number of benzene rings is 2. The van der Waals surface area contributed by atoms with Crippen LogP contribution in [-0.4, -0.2) is 38.0 Å². The summed E-state index contributed by atoms with van der Waals surface area (Å²) in [4.78, 5) is 31.9. The quantitative estimate of drug-likeness (QED) is 0.399. The molecule has 194 valence electrons. The molecule has 3 aromatic rings. The zero-order valence-corrected chi connectivity index (χ0v) is 22.4. The van der Waals surface area contributed by atoms with Crippen LogP contribution >= 0.6 is 11.3 Å². The number of carbonyl (C=O) groups excluding carboxylic acids is 1. The van der Waals surface area contributed by atoms with Crippen molar-refractivity contribution in [2.75, 3.05) is 27.4 Å². The van der Waals surface area contributed by atoms with Gasteiger partial charge in [-0.3, -0.25) is 9.36 Å². The Morgan fingerprint density at radius 2 is 1.81 bits per heavy atom. The van der Waals surface area contributed by atoms with E-state index in [1.807, 2.05) is 37.3 Å². The van der Waals surface area contributed by atoms with Gasteiger partial charge < -0.3 is 18.9 Å². The van der Waals surface area contributed by atoms with Gasteiger partial charge in [0.25, 0.3) is 5.56 Å². The number of thiazole rings is 1. The molecule has 0 amide bonds. The highest BCUT2D eigenvalue weighted by Crippen LogP contribution is 2.32. The highest BCUT2D eigenvalue weighted by Gasteiger charge is 2.33. The van der Waals surface area contributed by atoms with E-state index in [9.17, 15) is 9.59 Å². The second kappa shape index (κ2) is 11.5. The number of nitrogens with zero attached hydrogens (tertiary/aromatic N) is 2. The Kier molecular flexibility index (Phi) is 8.13. The number of hydrogen-bond acceptors (Lipinski definition) is 8. The lowest BCUT2D eigenvalue weighted by molar-refractivity contribution is -0.139. The van der Waals surface area contributed by atoms with Crippen LogP contribution in [0, 0.1) is 0 Å². The monoisotopic (exact) mass is 522 g/mol. The Morgan fingerprint density at radius 1 is 1.08 bits per heavy atom. The third-order valence-electron chi connectivity index (χ3n) is 5.89. The SMILES string of the molecule is CCCOc1ccc(C2C(C(=O)OCC)=C(C)N=c3sc(=Cc4ccc(OC)c(OC)c4)c(=O)n32)cc1. The molecule has 0 N–H and O–H groups in total. The highest BCUT2D eigenvalue weighted by molar-refractivity contribution is 7.07. The summed E-state index contributed by atoms with van der Waals surface area (Å²) >= 11 is 1.27. The fourth-order valence-corrected chi connectivity index (χ4v) is 5.21. The molecule has 37 heavy (non-hydrogen) atoms. The zero-order valence-electron chi connectivity index (χ0n) is 21.6. The van der Waals surface area contributed by atoms with Crippen molar-refractivity contribution in [3.05, 3.63) is 84.5 Å². The van der Waals surface area contributed by atoms with Crippen LogP contribution in [0.1, 0.15) is 44.4 Å². The molecule has 2 aromatic carbocycles. The van der Waals surface area contributed by atoms with Crippen molar-refractivity contribution in [1.29, 1.82) is 0 Å². The molecule has 0 fully saturated rings. The van der Waals surface area contributed by atoms with Crippen molar-refractivity contribution in [2.45, 2.75) is 33.2 Å². The van der Waals surface area contributed by atoms with Gasteiger partial charge in [-0.1, -0.05) is 36.5 Å². The molecule has 1 aromatic heterocycles. The second-order valence-corrected chi connectivity index (χ2v) is 9.34. The van der Waals surface area contributed by atoms with Crippen LogP contribution in [-0.2, 0) is 9.53 Å². The van der Waals surface area contributed by atoms with E-state index < -0.39 is 12.0 Å². The Bertz CT molecular complexity index is 1500. The van der Waals surface area contributed by atoms with E-state index in [1.54, 1.807) is 50.8 Å². The summed E-state index contributed by atoms with van der Waals surface area (Å²) in [5.41, 5.74) is 2.16. The molecule has 0 saturated carbocycles. The molecule has 0 bridgehead atoms. The van der Waals surface area contributed by atoms with Gasteiger partial charge in [-0.25, -0.2) is 9.79 Å². The lowest BCUT2D eigenvalue weighted by Crippen LogP contribution is -2.39. The Labute approximate surface area is 219 Å². The average Bonchev–Trinajstić information content (AvgIpc) is 3.21. The van der Waals surface area contributed by atoms with Crippen LogP contribution in [0.4, 0.5) is 0 Å². The van der Waals surface area contributed by atoms with Crippen LogP contribution in [0.2, 0.25) is 0 Å². The standard InChI is InChI=1S/C28H30N2O6S/c1-6-14-36-20-11-9-19(10-12-20)25-24(27(32)35-7-2)17(3)29-28-30(25)26(31)23(37-28)16-18-8-13-21(33-4)22(15-18)34-5/h8-13,15-16,25H,6-7,14H2,1-5H3. The molecule has 4 rings (SSSR count). The Morgan fingerprint density at radius 3 is 2.46 bits per heavy atom. The third kappa shape index (κ3) is 5.32. The molecule has 1 unspecified atom stereocenters. The maximum absolute atomic E-state index is 13.7. The van der Waals surface area contributed by atoms with Gasteiger partial charge in [-0.2, -0.15) is 0 Å². The fraction of sp³-hybridized carbons (Fsp3) is 0.321. The van der Waals surface area contributed by atoms with Crippen molar-refractivity contribution >= 4 is 23.4 Å². The first kappa shape index (κ1) is 26.2. The first-order valence-electron chi connectivity index (χ1n) is 12.1. The van der Waals surface area contributed by atoms with E-state index in [1.165, 1.54) is 11.3 Å². The summed E-state index contributed by atoms with van der Waals surface area (Å²) < 4.78 is 23.8. The number of rotatable bonds is 9. The molecule has 9 heteroatoms. The molecule has 1 aliphatic rings. The molecule has 0 saturated heterocycles. The lowest BCUT2D eigenvalue weighted by Gasteiger charge is -2.24. The predicted molar refractivity (Wildman–Crippen MR) is 142 cm³/mol. The first-order chi connectivity index (χ1) is 17.9. The fourth-order valence-electron chi connectivity index (χ4n) is 4.17. The van der Waals surface area contributed by atoms with Crippen LogP contribution in [0.5, 0.6) is 17.2 Å². The summed E-state index contributed by atoms with van der Waals surface area (Å²) in [5, 5.41) is 0. The van der Waals surface area contributed by atoms with Gasteiger partial charge in [-0.15, -0.1) is 0 Å². The van der Waals surface area contributed by atoms with Crippen LogP contribution < -0.4 is 29.1 Å². The molecular weight excluding hydrogens is 492 g/mol. The minimum absolute atomic E-state index is 0.218. The van der Waals surface area contributed by atoms with Crippen LogP contribution in [0.3, 0.4) is 0 Å². The summed E-state index contributed by atoms with van der Waals surface area (Å²) in [7, 11) is 3.13. The predicted octanol–water partition coefficient (Wildman–Crippen LogP) is 3.60. The number of hydrogen-bond donors (Lipinski definition) is 0. The topological polar surface area (TPSA) is 88.4 Å². The van der Waals surface area contributed by atoms with Crippen molar-refractivity contribution in [3.8, 4) is 17.2 Å². The summed E-state index contributed by atoms with van der Waals surface area (Å²) in [6.45, 7) is 6.39. The molecule has 2 heterocycles. The Hall–Kier alpha value is -3.85. The van der Waals surface area contributed by atoms with E-state index in [0.29, 0.717) is 38.7 Å². The van der Waals surface area contributed by atoms with Crippen molar-refractivity contribution < 1.29 is 23.7 Å². The first-order valence-corrected chi connectivity index (χ1v) is 12.9. The molecule has 8 nitrogen and oxygen atoms in total. The van der Waals surface area contributed by atoms with E-state index in [4.69, 9.17) is 18.9 Å². The number of esters is 1. The third-order valence-corrected chi connectivity index (χ3v) is 6.87. The van der Waals surface area contributed by atoms with Gasteiger partial charge in [0.05, 0.1) is 49.3 Å². The largest absolute Gasteiger partial charge is 0.494 e. The van der Waals surface area contributed by atoms with Crippen molar-refractivity contribution in [3.63, 3.8) is 0 Å². The normalized spacial score (nSPS) is 15.2. The number of methoxy groups -OCH3 is 2. The molecule has 0 spiro atoms. The minimum Gasteiger partial charge on any atom is -0.494 e. The zero-order chi connectivity index (χ0) is 26.5. The number of ether oxygens (including phenoxy) is 4. The molecule has 0 radical (unpaired) electrons. The number of carbonyl (C=O) groups is 1. The van der Waals surface area contributed by atoms with Gasteiger partial charge in [0, 0.05) is 0 Å². The number of allylic oxidation sites excluding steroid dienone is 1. The van der Waals surface area contributed by atoms with Gasteiger partial charge >= 0.3 is 5.97 Å². The van der Waals surface area contributed by atoms with E-state index in [-0.39, 0.29) is 12.2 Å². The Balaban J connectivity index is 1.87. The van der Waals surface area contributed by atoms with Crippen LogP contribution in [0.15, 0.2) is 63.5 Å². The van der Waals surface area contributed by atoms with Crippen LogP contribution in [0.25, 0.3) is 6.08 Å². The minimum atomic E-state index is -0.678. The van der Waals surface area contributed by atoms with E-state index in [0.717, 1.165) is 23.3 Å². The van der Waals surface area contributed by atoms with Gasteiger partial charge in [0.1, 0.15) is 5.75 Å². The van der Waals surface area contributed by atoms with Crippen molar-refractivity contribution in [1.82, 2.24) is 4.57 Å². The number of aromatic nitrogens is 1. The maximum atomic E-state index is 13.7. The van der Waals surface area contributed by atoms with Crippen molar-refractivity contribution in [2.24, 2.45) is 4.99 Å². The molecule has 1 aliphatic heterocycles. The molecular formula is C28H30N2O6S. The lowest BCUT2D eigenvalue weighted by atomic mass is 9.96. The number of fused-ring (bicyclic) bond motifs is 1. The van der Waals surface area contributed by atoms with E-state index >= 15 is 0 Å². The molecule has 1 atom stereocenters. The van der Waals surface area contributed by atoms with Gasteiger partial charge in [-0.05, 0) is 61.7 Å². The summed E-state index contributed by atoms with van der Waals surface area (Å²) in [5.74, 6) is 1.40. The van der Waals surface area contributed by atoms with Gasteiger partial charge in [0.15, 0.2) is 16.3 Å².